The number of benzene rings is 3. The van der Waals surface area contributed by atoms with Gasteiger partial charge in [0, 0.05) is 33.0 Å². The van der Waals surface area contributed by atoms with Crippen LogP contribution in [0.3, 0.4) is 0 Å². The Balaban J connectivity index is 1.58. The van der Waals surface area contributed by atoms with E-state index in [9.17, 15) is 14.0 Å². The van der Waals surface area contributed by atoms with E-state index in [2.05, 4.69) is 20.9 Å². The van der Waals surface area contributed by atoms with Gasteiger partial charge in [-0.3, -0.25) is 9.78 Å². The molecule has 0 aliphatic rings. The van der Waals surface area contributed by atoms with Crippen LogP contribution in [-0.2, 0) is 0 Å². The smallest absolute Gasteiger partial charge is 0.321 e. The molecule has 0 saturated carbocycles. The summed E-state index contributed by atoms with van der Waals surface area (Å²) in [5.41, 5.74) is 3.33. The average Bonchev–Trinajstić information content (AvgIpc) is 2.75. The van der Waals surface area contributed by atoms with E-state index in [1.165, 1.54) is 24.3 Å². The number of nitrogens with one attached hydrogen (secondary N) is 3. The number of pyridine rings is 1. The molecule has 1 aromatic heterocycles. The van der Waals surface area contributed by atoms with E-state index >= 15 is 0 Å². The van der Waals surface area contributed by atoms with Gasteiger partial charge >= 0.3 is 6.03 Å². The second-order valence-electron chi connectivity index (χ2n) is 7.09. The number of amides is 3. The van der Waals surface area contributed by atoms with Crippen LogP contribution in [-0.4, -0.2) is 16.9 Å². The van der Waals surface area contributed by atoms with Gasteiger partial charge in [0.15, 0.2) is 0 Å². The number of nitrogens with zero attached hydrogens (tertiary/aromatic N) is 1. The molecule has 0 radical (unpaired) electrons. The number of carbonyl (C=O) groups is 2. The lowest BCUT2D eigenvalue weighted by molar-refractivity contribution is 0.102. The van der Waals surface area contributed by atoms with Crippen LogP contribution in [0.5, 0.6) is 0 Å². The van der Waals surface area contributed by atoms with E-state index in [-0.39, 0.29) is 11.7 Å². The fraction of sp³-hybridized carbons (Fsp3) is 0.0417. The van der Waals surface area contributed by atoms with E-state index in [0.29, 0.717) is 38.6 Å². The summed E-state index contributed by atoms with van der Waals surface area (Å²) in [4.78, 5) is 29.5. The molecule has 4 rings (SSSR count). The van der Waals surface area contributed by atoms with Crippen LogP contribution in [0.15, 0.2) is 72.8 Å². The van der Waals surface area contributed by atoms with Gasteiger partial charge in [0.2, 0.25) is 0 Å². The van der Waals surface area contributed by atoms with Crippen molar-refractivity contribution in [3.63, 3.8) is 0 Å². The first-order valence-electron chi connectivity index (χ1n) is 9.69. The molecule has 0 aliphatic heterocycles. The maximum atomic E-state index is 13.0. The largest absolute Gasteiger partial charge is 0.323 e. The van der Waals surface area contributed by atoms with Crippen LogP contribution in [0, 0.1) is 12.7 Å². The molecule has 0 fully saturated rings. The molecule has 3 amide bonds. The van der Waals surface area contributed by atoms with Gasteiger partial charge in [-0.1, -0.05) is 17.7 Å². The Hall–Kier alpha value is -3.97. The summed E-state index contributed by atoms with van der Waals surface area (Å²) < 4.78 is 13.0. The van der Waals surface area contributed by atoms with Crippen molar-refractivity contribution in [2.24, 2.45) is 0 Å². The lowest BCUT2D eigenvalue weighted by Gasteiger charge is -2.12. The van der Waals surface area contributed by atoms with Crippen LogP contribution in [0.2, 0.25) is 5.02 Å². The van der Waals surface area contributed by atoms with Crippen LogP contribution in [0.25, 0.3) is 10.9 Å². The molecular weight excluding hydrogens is 431 g/mol. The summed E-state index contributed by atoms with van der Waals surface area (Å²) >= 11 is 5.99. The molecule has 160 valence electrons. The van der Waals surface area contributed by atoms with Crippen molar-refractivity contribution in [3.05, 3.63) is 94.9 Å². The molecule has 0 bridgehead atoms. The van der Waals surface area contributed by atoms with Crippen molar-refractivity contribution in [1.82, 2.24) is 4.98 Å². The number of hydrogen-bond acceptors (Lipinski definition) is 3. The van der Waals surface area contributed by atoms with Gasteiger partial charge in [-0.15, -0.1) is 0 Å². The first-order valence-corrected chi connectivity index (χ1v) is 10.1. The van der Waals surface area contributed by atoms with E-state index in [1.54, 1.807) is 48.5 Å². The molecule has 0 spiro atoms. The van der Waals surface area contributed by atoms with Gasteiger partial charge in [0.1, 0.15) is 5.82 Å². The zero-order valence-electron chi connectivity index (χ0n) is 16.9. The summed E-state index contributed by atoms with van der Waals surface area (Å²) in [6.07, 6.45) is 0. The lowest BCUT2D eigenvalue weighted by atomic mass is 10.1. The van der Waals surface area contributed by atoms with E-state index in [0.717, 1.165) is 5.69 Å². The molecular formula is C24H18ClFN4O2. The molecule has 0 saturated heterocycles. The lowest BCUT2D eigenvalue weighted by Crippen LogP contribution is -2.19. The Labute approximate surface area is 188 Å². The Bertz CT molecular complexity index is 1330. The Morgan fingerprint density at radius 3 is 2.34 bits per heavy atom. The summed E-state index contributed by atoms with van der Waals surface area (Å²) in [5, 5.41) is 9.38. The Morgan fingerprint density at radius 1 is 0.875 bits per heavy atom. The van der Waals surface area contributed by atoms with Gasteiger partial charge in [-0.2, -0.15) is 0 Å². The highest BCUT2D eigenvalue weighted by Gasteiger charge is 2.12. The van der Waals surface area contributed by atoms with Crippen molar-refractivity contribution >= 4 is 51.5 Å². The van der Waals surface area contributed by atoms with Crippen LogP contribution in [0.1, 0.15) is 16.1 Å². The number of carbonyl (C=O) groups excluding carboxylic acids is 2. The molecule has 1 heterocycles. The quantitative estimate of drug-likeness (QED) is 0.346. The highest BCUT2D eigenvalue weighted by atomic mass is 35.5. The summed E-state index contributed by atoms with van der Waals surface area (Å²) in [6, 6.07) is 18.6. The summed E-state index contributed by atoms with van der Waals surface area (Å²) in [5.74, 6) is -0.701. The van der Waals surface area contributed by atoms with Gasteiger partial charge in [0.05, 0.1) is 11.2 Å². The third-order valence-electron chi connectivity index (χ3n) is 4.63. The van der Waals surface area contributed by atoms with Gasteiger partial charge in [0.25, 0.3) is 5.91 Å². The molecule has 3 N–H and O–H groups in total. The molecule has 0 atom stereocenters. The zero-order chi connectivity index (χ0) is 22.7. The number of hydrogen-bond donors (Lipinski definition) is 3. The topological polar surface area (TPSA) is 83.1 Å². The second kappa shape index (κ2) is 9.03. The molecule has 32 heavy (non-hydrogen) atoms. The summed E-state index contributed by atoms with van der Waals surface area (Å²) in [6.45, 7) is 1.83. The minimum atomic E-state index is -0.486. The first-order chi connectivity index (χ1) is 15.4. The minimum absolute atomic E-state index is 0.313. The third kappa shape index (κ3) is 5.01. The van der Waals surface area contributed by atoms with Crippen molar-refractivity contribution in [3.8, 4) is 0 Å². The van der Waals surface area contributed by atoms with Crippen molar-refractivity contribution in [2.45, 2.75) is 6.92 Å². The van der Waals surface area contributed by atoms with Crippen molar-refractivity contribution < 1.29 is 14.0 Å². The Kier molecular flexibility index (Phi) is 6.00. The standard InChI is InChI=1S/C24H18ClFN4O2/c1-14-11-22(30-23(31)15-3-2-4-16(25)12-15)20-13-19(9-10-21(20)27-14)29-24(32)28-18-7-5-17(26)6-8-18/h2-13H,1H3,(H,27,30,31)(H2,28,29,32). The monoisotopic (exact) mass is 448 g/mol. The number of aryl methyl sites for hydroxylation is 1. The molecule has 8 heteroatoms. The molecule has 0 unspecified atom stereocenters. The number of urea groups is 1. The van der Waals surface area contributed by atoms with Crippen molar-refractivity contribution in [1.29, 1.82) is 0 Å². The zero-order valence-corrected chi connectivity index (χ0v) is 17.7. The van der Waals surface area contributed by atoms with Crippen LogP contribution < -0.4 is 16.0 Å². The number of rotatable bonds is 4. The van der Waals surface area contributed by atoms with E-state index < -0.39 is 6.03 Å². The predicted octanol–water partition coefficient (Wildman–Crippen LogP) is 6.23. The molecule has 4 aromatic rings. The third-order valence-corrected chi connectivity index (χ3v) is 4.87. The normalized spacial score (nSPS) is 10.6. The second-order valence-corrected chi connectivity index (χ2v) is 7.53. The molecule has 6 nitrogen and oxygen atoms in total. The van der Waals surface area contributed by atoms with Gasteiger partial charge in [-0.05, 0) is 73.7 Å². The number of aromatic nitrogens is 1. The van der Waals surface area contributed by atoms with E-state index in [4.69, 9.17) is 11.6 Å². The summed E-state index contributed by atoms with van der Waals surface area (Å²) in [7, 11) is 0. The number of fused-ring (bicyclic) bond motifs is 1. The minimum Gasteiger partial charge on any atom is -0.321 e. The maximum absolute atomic E-state index is 13.0. The Morgan fingerprint density at radius 2 is 1.59 bits per heavy atom. The predicted molar refractivity (Wildman–Crippen MR) is 125 cm³/mol. The fourth-order valence-electron chi connectivity index (χ4n) is 3.19. The molecule has 0 aliphatic carbocycles. The maximum Gasteiger partial charge on any atom is 0.323 e. The van der Waals surface area contributed by atoms with Gasteiger partial charge < -0.3 is 16.0 Å². The fourth-order valence-corrected chi connectivity index (χ4v) is 3.38. The van der Waals surface area contributed by atoms with E-state index in [1.807, 2.05) is 6.92 Å². The van der Waals surface area contributed by atoms with Crippen LogP contribution >= 0.6 is 11.6 Å². The number of anilines is 3. The number of halogens is 2. The van der Waals surface area contributed by atoms with Crippen molar-refractivity contribution in [2.75, 3.05) is 16.0 Å². The van der Waals surface area contributed by atoms with Gasteiger partial charge in [-0.25, -0.2) is 9.18 Å². The average molecular weight is 449 g/mol. The first kappa shape index (κ1) is 21.3. The molecule has 3 aromatic carbocycles. The highest BCUT2D eigenvalue weighted by Crippen LogP contribution is 2.27. The highest BCUT2D eigenvalue weighted by molar-refractivity contribution is 6.31. The van der Waals surface area contributed by atoms with Crippen LogP contribution in [0.4, 0.5) is 26.2 Å². The SMILES string of the molecule is Cc1cc(NC(=O)c2cccc(Cl)c2)c2cc(NC(=O)Nc3ccc(F)cc3)ccc2n1.